The fourth-order valence-electron chi connectivity index (χ4n) is 8.94. The van der Waals surface area contributed by atoms with Gasteiger partial charge in [0.05, 0.1) is 18.8 Å². The number of esters is 1. The third-order valence-electron chi connectivity index (χ3n) is 13.1. The Balaban J connectivity index is 1.14. The highest BCUT2D eigenvalue weighted by atomic mass is 16.5. The van der Waals surface area contributed by atoms with E-state index in [0.29, 0.717) is 18.8 Å². The Morgan fingerprint density at radius 2 is 0.812 bits per heavy atom. The second-order valence-corrected chi connectivity index (χ2v) is 18.8. The lowest BCUT2D eigenvalue weighted by Gasteiger charge is -2.15. The highest BCUT2D eigenvalue weighted by Crippen LogP contribution is 2.28. The molecule has 0 aliphatic heterocycles. The van der Waals surface area contributed by atoms with E-state index in [1.54, 1.807) is 0 Å². The van der Waals surface area contributed by atoms with Gasteiger partial charge in [-0.15, -0.1) is 0 Å². The van der Waals surface area contributed by atoms with E-state index in [-0.39, 0.29) is 12.6 Å². The summed E-state index contributed by atoms with van der Waals surface area (Å²) in [6.07, 6.45) is 43.3. The Bertz CT molecular complexity index is 1740. The molecule has 0 atom stereocenters. The number of ether oxygens (including phenoxy) is 3. The van der Waals surface area contributed by atoms with Crippen molar-refractivity contribution in [1.29, 1.82) is 0 Å². The summed E-state index contributed by atoms with van der Waals surface area (Å²) in [5, 5.41) is 2.42. The van der Waals surface area contributed by atoms with Crippen molar-refractivity contribution in [3.05, 3.63) is 96.1 Å². The van der Waals surface area contributed by atoms with Crippen LogP contribution in [0.5, 0.6) is 11.5 Å². The molecule has 0 heterocycles. The Morgan fingerprint density at radius 1 is 0.391 bits per heavy atom. The third-order valence-corrected chi connectivity index (χ3v) is 13.1. The van der Waals surface area contributed by atoms with Gasteiger partial charge in [-0.1, -0.05) is 255 Å². The molecule has 0 amide bonds. The van der Waals surface area contributed by atoms with Crippen molar-refractivity contribution in [1.82, 2.24) is 0 Å². The van der Waals surface area contributed by atoms with Gasteiger partial charge in [-0.2, -0.15) is 0 Å². The van der Waals surface area contributed by atoms with E-state index >= 15 is 0 Å². The first-order valence-electron chi connectivity index (χ1n) is 26.8. The zero-order valence-corrected chi connectivity index (χ0v) is 41.0. The number of hydrogen-bond donors (Lipinski definition) is 0. The standard InChI is InChI=1S/C60H90O4/c1-3-5-7-9-11-13-15-17-19-21-23-25-27-29-31-35-47-62-58-46-45-57(59(50-58)63-48-36-32-30-28-26-24-22-20-18-16-14-12-10-8-6-4-2)51-64-60(61)54-42-39-53(40-43-54)56-44-41-52-37-33-34-38-55(52)49-56/h33-34,37-46,49-50H,3-32,35-36,47-48,51H2,1-2H3. The summed E-state index contributed by atoms with van der Waals surface area (Å²) in [4.78, 5) is 13.2. The minimum atomic E-state index is -0.336. The molecule has 0 aliphatic rings. The van der Waals surface area contributed by atoms with Crippen molar-refractivity contribution in [3.8, 4) is 22.6 Å². The molecule has 0 aliphatic carbocycles. The van der Waals surface area contributed by atoms with Crippen LogP contribution in [0.3, 0.4) is 0 Å². The maximum absolute atomic E-state index is 13.2. The molecule has 0 spiro atoms. The first-order chi connectivity index (χ1) is 31.7. The minimum absolute atomic E-state index is 0.152. The van der Waals surface area contributed by atoms with Gasteiger partial charge in [0.2, 0.25) is 0 Å². The van der Waals surface area contributed by atoms with Crippen molar-refractivity contribution in [3.63, 3.8) is 0 Å². The lowest BCUT2D eigenvalue weighted by molar-refractivity contribution is 0.0469. The zero-order chi connectivity index (χ0) is 45.0. The lowest BCUT2D eigenvalue weighted by Crippen LogP contribution is -2.07. The van der Waals surface area contributed by atoms with E-state index in [4.69, 9.17) is 14.2 Å². The highest BCUT2D eigenvalue weighted by molar-refractivity contribution is 5.91. The van der Waals surface area contributed by atoms with Gasteiger partial charge in [-0.25, -0.2) is 4.79 Å². The molecule has 4 aromatic rings. The molecule has 0 unspecified atom stereocenters. The van der Waals surface area contributed by atoms with Crippen LogP contribution < -0.4 is 9.47 Å². The van der Waals surface area contributed by atoms with Gasteiger partial charge in [0.15, 0.2) is 0 Å². The van der Waals surface area contributed by atoms with E-state index < -0.39 is 0 Å². The van der Waals surface area contributed by atoms with Crippen LogP contribution in [-0.2, 0) is 11.3 Å². The van der Waals surface area contributed by atoms with E-state index in [1.165, 1.54) is 203 Å². The van der Waals surface area contributed by atoms with Crippen molar-refractivity contribution in [2.75, 3.05) is 13.2 Å². The Labute approximate surface area is 392 Å². The maximum Gasteiger partial charge on any atom is 0.338 e. The highest BCUT2D eigenvalue weighted by Gasteiger charge is 2.13. The number of unbranched alkanes of at least 4 members (excludes halogenated alkanes) is 30. The van der Waals surface area contributed by atoms with Gasteiger partial charge in [0.25, 0.3) is 0 Å². The number of benzene rings is 4. The Hall–Kier alpha value is -3.79. The number of fused-ring (bicyclic) bond motifs is 1. The first-order valence-corrected chi connectivity index (χ1v) is 26.8. The molecule has 4 nitrogen and oxygen atoms in total. The van der Waals surface area contributed by atoms with Gasteiger partial charge in [0, 0.05) is 11.6 Å². The third kappa shape index (κ3) is 23.4. The summed E-state index contributed by atoms with van der Waals surface area (Å²) in [5.41, 5.74) is 3.61. The normalized spacial score (nSPS) is 11.3. The quantitative estimate of drug-likeness (QED) is 0.0330. The molecule has 0 radical (unpaired) electrons. The largest absolute Gasteiger partial charge is 0.493 e. The summed E-state index contributed by atoms with van der Waals surface area (Å²) in [7, 11) is 0. The molecule has 0 fully saturated rings. The molecule has 64 heavy (non-hydrogen) atoms. The molecule has 4 aromatic carbocycles. The van der Waals surface area contributed by atoms with E-state index in [1.807, 2.05) is 42.5 Å². The smallest absolute Gasteiger partial charge is 0.338 e. The molecular weight excluding hydrogens is 785 g/mol. The van der Waals surface area contributed by atoms with Crippen molar-refractivity contribution < 1.29 is 19.0 Å². The fraction of sp³-hybridized carbons (Fsp3) is 0.617. The molecule has 4 rings (SSSR count). The summed E-state index contributed by atoms with van der Waals surface area (Å²) < 4.78 is 18.5. The van der Waals surface area contributed by atoms with Crippen molar-refractivity contribution in [2.45, 2.75) is 226 Å². The lowest BCUT2D eigenvalue weighted by atomic mass is 10.0. The molecule has 0 N–H and O–H groups in total. The Kier molecular flexibility index (Phi) is 29.3. The van der Waals surface area contributed by atoms with Crippen LogP contribution in [0, 0.1) is 0 Å². The molecule has 0 bridgehead atoms. The average Bonchev–Trinajstić information content (AvgIpc) is 3.33. The monoisotopic (exact) mass is 875 g/mol. The zero-order valence-electron chi connectivity index (χ0n) is 41.0. The van der Waals surface area contributed by atoms with Crippen LogP contribution in [0.4, 0.5) is 0 Å². The SMILES string of the molecule is CCCCCCCCCCCCCCCCCCOc1ccc(COC(=O)c2ccc(-c3ccc4ccccc4c3)cc2)c(OCCCCCCCCCCCCCCCCCC)c1. The van der Waals surface area contributed by atoms with Crippen LogP contribution in [0.1, 0.15) is 235 Å². The van der Waals surface area contributed by atoms with E-state index in [0.717, 1.165) is 41.0 Å². The van der Waals surface area contributed by atoms with Gasteiger partial charge in [-0.05, 0) is 65.1 Å². The predicted molar refractivity (Wildman–Crippen MR) is 275 cm³/mol. The summed E-state index contributed by atoms with van der Waals surface area (Å²) in [6, 6.07) is 28.6. The van der Waals surface area contributed by atoms with E-state index in [9.17, 15) is 4.79 Å². The molecular formula is C60H90O4. The molecule has 354 valence electrons. The predicted octanol–water partition coefficient (Wildman–Crippen LogP) is 19.1. The second-order valence-electron chi connectivity index (χ2n) is 18.8. The molecule has 4 heteroatoms. The van der Waals surface area contributed by atoms with Crippen molar-refractivity contribution in [2.24, 2.45) is 0 Å². The fourth-order valence-corrected chi connectivity index (χ4v) is 8.94. The summed E-state index contributed by atoms with van der Waals surface area (Å²) in [5.74, 6) is 1.24. The molecule has 0 saturated carbocycles. The average molecular weight is 875 g/mol. The maximum atomic E-state index is 13.2. The van der Waals surface area contributed by atoms with E-state index in [2.05, 4.69) is 56.3 Å². The van der Waals surface area contributed by atoms with Gasteiger partial charge >= 0.3 is 5.97 Å². The van der Waals surface area contributed by atoms with Crippen molar-refractivity contribution >= 4 is 16.7 Å². The minimum Gasteiger partial charge on any atom is -0.493 e. The van der Waals surface area contributed by atoms with Gasteiger partial charge < -0.3 is 14.2 Å². The van der Waals surface area contributed by atoms with Gasteiger partial charge in [0.1, 0.15) is 18.1 Å². The van der Waals surface area contributed by atoms with Crippen LogP contribution in [0.25, 0.3) is 21.9 Å². The number of hydrogen-bond acceptors (Lipinski definition) is 4. The summed E-state index contributed by atoms with van der Waals surface area (Å²) >= 11 is 0. The molecule has 0 aromatic heterocycles. The first kappa shape index (κ1) is 52.8. The van der Waals surface area contributed by atoms with Crippen LogP contribution in [0.2, 0.25) is 0 Å². The summed E-state index contributed by atoms with van der Waals surface area (Å²) in [6.45, 7) is 6.10. The topological polar surface area (TPSA) is 44.8 Å². The number of carbonyl (C=O) groups is 1. The number of carbonyl (C=O) groups excluding carboxylic acids is 1. The number of rotatable bonds is 40. The second kappa shape index (κ2) is 35.5. The van der Waals surface area contributed by atoms with Crippen LogP contribution in [0.15, 0.2) is 84.9 Å². The van der Waals surface area contributed by atoms with Crippen LogP contribution in [-0.4, -0.2) is 19.2 Å². The Morgan fingerprint density at radius 3 is 1.30 bits per heavy atom. The molecule has 0 saturated heterocycles. The van der Waals surface area contributed by atoms with Gasteiger partial charge in [-0.3, -0.25) is 0 Å². The van der Waals surface area contributed by atoms with Crippen LogP contribution >= 0.6 is 0 Å².